The van der Waals surface area contributed by atoms with E-state index in [-0.39, 0.29) is 42.8 Å². The van der Waals surface area contributed by atoms with E-state index in [0.717, 1.165) is 11.1 Å². The number of ether oxygens (including phenoxy) is 1. The largest absolute Gasteiger partial charge is 0.464 e. The quantitative estimate of drug-likeness (QED) is 0.306. The minimum atomic E-state index is -0.327. The van der Waals surface area contributed by atoms with E-state index in [2.05, 4.69) is 0 Å². The van der Waals surface area contributed by atoms with Crippen LogP contribution in [0.3, 0.4) is 0 Å². The molecule has 1 heterocycles. The number of fused-ring (bicyclic) bond motifs is 1. The highest BCUT2D eigenvalue weighted by Gasteiger charge is 2.22. The summed E-state index contributed by atoms with van der Waals surface area (Å²) in [6, 6.07) is 14.9. The molecule has 0 aliphatic carbocycles. The Morgan fingerprint density at radius 2 is 1.79 bits per heavy atom. The van der Waals surface area contributed by atoms with Crippen molar-refractivity contribution in [2.45, 2.75) is 26.4 Å². The van der Waals surface area contributed by atoms with Crippen molar-refractivity contribution in [2.75, 3.05) is 32.7 Å². The molecule has 3 aromatic rings. The second kappa shape index (κ2) is 12.3. The number of nitrogens with zero attached hydrogens (tertiary/aromatic N) is 2. The molecule has 0 unspecified atom stereocenters. The van der Waals surface area contributed by atoms with Gasteiger partial charge in [0.15, 0.2) is 5.43 Å². The monoisotopic (exact) mass is 484 g/mol. The molecule has 0 aliphatic rings. The summed E-state index contributed by atoms with van der Waals surface area (Å²) < 4.78 is 10.7. The molecule has 0 fully saturated rings. The summed E-state index contributed by atoms with van der Waals surface area (Å²) in [5.74, 6) is -0.831. The van der Waals surface area contributed by atoms with Gasteiger partial charge in [-0.05, 0) is 31.0 Å². The van der Waals surface area contributed by atoms with Gasteiger partial charge in [-0.15, -0.1) is 11.6 Å². The van der Waals surface area contributed by atoms with Crippen LogP contribution in [0.15, 0.2) is 64.0 Å². The maximum atomic E-state index is 13.4. The molecular formula is C26H29ClN2O5. The Morgan fingerprint density at radius 1 is 1.03 bits per heavy atom. The first-order valence-corrected chi connectivity index (χ1v) is 11.6. The van der Waals surface area contributed by atoms with Gasteiger partial charge >= 0.3 is 0 Å². The molecular weight excluding hydrogens is 456 g/mol. The molecule has 0 radical (unpaired) electrons. The van der Waals surface area contributed by atoms with Crippen molar-refractivity contribution < 1.29 is 18.7 Å². The van der Waals surface area contributed by atoms with Crippen molar-refractivity contribution in [3.05, 3.63) is 81.7 Å². The van der Waals surface area contributed by atoms with Crippen molar-refractivity contribution in [2.24, 2.45) is 0 Å². The van der Waals surface area contributed by atoms with Crippen molar-refractivity contribution in [3.8, 4) is 0 Å². The van der Waals surface area contributed by atoms with Crippen LogP contribution in [0.4, 0.5) is 0 Å². The zero-order valence-electron chi connectivity index (χ0n) is 19.5. The van der Waals surface area contributed by atoms with E-state index in [1.165, 1.54) is 11.2 Å². The van der Waals surface area contributed by atoms with Gasteiger partial charge in [-0.25, -0.2) is 0 Å². The zero-order valence-corrected chi connectivity index (χ0v) is 20.2. The van der Waals surface area contributed by atoms with Gasteiger partial charge in [0, 0.05) is 26.8 Å². The van der Waals surface area contributed by atoms with Gasteiger partial charge in [0.05, 0.1) is 30.3 Å². The van der Waals surface area contributed by atoms with E-state index >= 15 is 0 Å². The SMILES string of the molecule is COCCCN(CC(=O)N(Cc1ccccc1)Cc1coc2ccc(C)cc2c1=O)C(=O)CCl. The minimum Gasteiger partial charge on any atom is -0.464 e. The normalized spacial score (nSPS) is 10.9. The van der Waals surface area contributed by atoms with Crippen LogP contribution in [0.2, 0.25) is 0 Å². The van der Waals surface area contributed by atoms with Gasteiger partial charge in [-0.1, -0.05) is 42.0 Å². The lowest BCUT2D eigenvalue weighted by Crippen LogP contribution is -2.44. The van der Waals surface area contributed by atoms with Crippen LogP contribution in [0.1, 0.15) is 23.1 Å². The lowest BCUT2D eigenvalue weighted by molar-refractivity contribution is -0.140. The number of carbonyl (C=O) groups is 2. The van der Waals surface area contributed by atoms with E-state index in [1.807, 2.05) is 43.3 Å². The Hall–Kier alpha value is -3.16. The van der Waals surface area contributed by atoms with E-state index < -0.39 is 0 Å². The second-order valence-electron chi connectivity index (χ2n) is 8.12. The molecule has 2 amide bonds. The van der Waals surface area contributed by atoms with Gasteiger partial charge in [0.1, 0.15) is 11.5 Å². The van der Waals surface area contributed by atoms with E-state index in [0.29, 0.717) is 36.1 Å². The first-order valence-electron chi connectivity index (χ1n) is 11.1. The third-order valence-corrected chi connectivity index (χ3v) is 5.73. The predicted octanol–water partition coefficient (Wildman–Crippen LogP) is 3.73. The van der Waals surface area contributed by atoms with Gasteiger partial charge in [0.25, 0.3) is 0 Å². The van der Waals surface area contributed by atoms with Gasteiger partial charge < -0.3 is 19.0 Å². The summed E-state index contributed by atoms with van der Waals surface area (Å²) in [6.07, 6.45) is 1.99. The van der Waals surface area contributed by atoms with Gasteiger partial charge in [-0.3, -0.25) is 14.4 Å². The lowest BCUT2D eigenvalue weighted by Gasteiger charge is -2.27. The number of hydrogen-bond acceptors (Lipinski definition) is 5. The van der Waals surface area contributed by atoms with Crippen LogP contribution in [-0.4, -0.2) is 54.3 Å². The first kappa shape index (κ1) is 25.5. The second-order valence-corrected chi connectivity index (χ2v) is 8.39. The van der Waals surface area contributed by atoms with Crippen molar-refractivity contribution in [1.82, 2.24) is 9.80 Å². The topological polar surface area (TPSA) is 80.1 Å². The highest BCUT2D eigenvalue weighted by atomic mass is 35.5. The average molecular weight is 485 g/mol. The number of alkyl halides is 1. The molecule has 3 rings (SSSR count). The van der Waals surface area contributed by atoms with Crippen LogP contribution in [-0.2, 0) is 27.4 Å². The number of amides is 2. The molecule has 0 spiro atoms. The third kappa shape index (κ3) is 6.68. The van der Waals surface area contributed by atoms with Crippen LogP contribution >= 0.6 is 11.6 Å². The van der Waals surface area contributed by atoms with Crippen molar-refractivity contribution >= 4 is 34.4 Å². The Balaban J connectivity index is 1.88. The van der Waals surface area contributed by atoms with Crippen molar-refractivity contribution in [1.29, 1.82) is 0 Å². The Labute approximate surface area is 203 Å². The molecule has 2 aromatic carbocycles. The molecule has 0 bridgehead atoms. The van der Waals surface area contributed by atoms with Crippen LogP contribution < -0.4 is 5.43 Å². The number of rotatable bonds is 11. The summed E-state index contributed by atoms with van der Waals surface area (Å²) in [4.78, 5) is 41.8. The number of aryl methyl sites for hydroxylation is 1. The fourth-order valence-electron chi connectivity index (χ4n) is 3.68. The van der Waals surface area contributed by atoms with Crippen molar-refractivity contribution in [3.63, 3.8) is 0 Å². The standard InChI is InChI=1S/C26H29ClN2O5/c1-19-9-10-23-22(13-19)26(32)21(18-34-23)16-29(15-20-7-4-3-5-8-20)25(31)17-28(24(30)14-27)11-6-12-33-2/h3-5,7-10,13,18H,6,11-12,14-17H2,1-2H3. The number of methoxy groups -OCH3 is 1. The summed E-state index contributed by atoms with van der Waals surface area (Å²) in [5.41, 5.74) is 2.55. The number of benzene rings is 2. The van der Waals surface area contributed by atoms with E-state index in [1.54, 1.807) is 24.1 Å². The smallest absolute Gasteiger partial charge is 0.242 e. The number of halogens is 1. The van der Waals surface area contributed by atoms with Crippen LogP contribution in [0.5, 0.6) is 0 Å². The molecule has 8 heteroatoms. The van der Waals surface area contributed by atoms with Gasteiger partial charge in [0.2, 0.25) is 11.8 Å². The van der Waals surface area contributed by atoms with Crippen LogP contribution in [0, 0.1) is 6.92 Å². The molecule has 0 atom stereocenters. The number of carbonyl (C=O) groups excluding carboxylic acids is 2. The molecule has 0 saturated heterocycles. The molecule has 0 aliphatic heterocycles. The molecule has 7 nitrogen and oxygen atoms in total. The summed E-state index contributed by atoms with van der Waals surface area (Å²) in [7, 11) is 1.58. The first-order chi connectivity index (χ1) is 16.4. The van der Waals surface area contributed by atoms with Crippen LogP contribution in [0.25, 0.3) is 11.0 Å². The fraction of sp³-hybridized carbons (Fsp3) is 0.346. The predicted molar refractivity (Wildman–Crippen MR) is 132 cm³/mol. The molecule has 1 aromatic heterocycles. The van der Waals surface area contributed by atoms with E-state index in [4.69, 9.17) is 20.8 Å². The highest BCUT2D eigenvalue weighted by Crippen LogP contribution is 2.16. The maximum absolute atomic E-state index is 13.4. The van der Waals surface area contributed by atoms with Gasteiger partial charge in [-0.2, -0.15) is 0 Å². The minimum absolute atomic E-state index is 0.0565. The highest BCUT2D eigenvalue weighted by molar-refractivity contribution is 6.27. The fourth-order valence-corrected chi connectivity index (χ4v) is 3.84. The zero-order chi connectivity index (χ0) is 24.5. The summed E-state index contributed by atoms with van der Waals surface area (Å²) >= 11 is 5.77. The molecule has 0 saturated carbocycles. The number of hydrogen-bond donors (Lipinski definition) is 0. The lowest BCUT2D eigenvalue weighted by atomic mass is 10.1. The Morgan fingerprint density at radius 3 is 2.50 bits per heavy atom. The average Bonchev–Trinajstić information content (AvgIpc) is 2.85. The summed E-state index contributed by atoms with van der Waals surface area (Å²) in [6.45, 7) is 2.92. The molecule has 180 valence electrons. The summed E-state index contributed by atoms with van der Waals surface area (Å²) in [5, 5.41) is 0.475. The Kier molecular flexibility index (Phi) is 9.24. The maximum Gasteiger partial charge on any atom is 0.242 e. The molecule has 34 heavy (non-hydrogen) atoms. The third-order valence-electron chi connectivity index (χ3n) is 5.50. The Bertz CT molecular complexity index is 1180. The van der Waals surface area contributed by atoms with E-state index in [9.17, 15) is 14.4 Å². The molecule has 0 N–H and O–H groups in total.